The lowest BCUT2D eigenvalue weighted by Gasteiger charge is -2.11. The maximum atomic E-state index is 11.5. The van der Waals surface area contributed by atoms with Crippen molar-refractivity contribution in [2.45, 2.75) is 32.9 Å². The molecule has 13 heavy (non-hydrogen) atoms. The maximum absolute atomic E-state index is 11.5. The first-order valence-electron chi connectivity index (χ1n) is 4.50. The monoisotopic (exact) mass is 180 g/mol. The molecule has 1 aromatic rings. The van der Waals surface area contributed by atoms with Gasteiger partial charge >= 0.3 is 0 Å². The highest BCUT2D eigenvalue weighted by Gasteiger charge is 2.03. The van der Waals surface area contributed by atoms with Crippen LogP contribution in [0.1, 0.15) is 38.4 Å². The Kier molecular flexibility index (Phi) is 2.88. The van der Waals surface area contributed by atoms with Crippen LogP contribution < -0.4 is 11.3 Å². The van der Waals surface area contributed by atoms with E-state index >= 15 is 0 Å². The molecule has 0 aliphatic rings. The second kappa shape index (κ2) is 3.75. The first-order chi connectivity index (χ1) is 6.02. The number of hydrogen-bond donors (Lipinski definition) is 1. The van der Waals surface area contributed by atoms with Crippen molar-refractivity contribution in [3.63, 3.8) is 0 Å². The summed E-state index contributed by atoms with van der Waals surface area (Å²) in [4.78, 5) is 11.5. The Hall–Kier alpha value is -1.09. The van der Waals surface area contributed by atoms with Crippen molar-refractivity contribution in [3.05, 3.63) is 34.2 Å². The van der Waals surface area contributed by atoms with Crippen LogP contribution in [-0.2, 0) is 0 Å². The smallest absolute Gasteiger partial charge is 0.251 e. The number of rotatable bonds is 2. The zero-order valence-corrected chi connectivity index (χ0v) is 8.32. The van der Waals surface area contributed by atoms with Gasteiger partial charge in [-0.1, -0.05) is 0 Å². The van der Waals surface area contributed by atoms with E-state index in [2.05, 4.69) is 0 Å². The van der Waals surface area contributed by atoms with Gasteiger partial charge in [0, 0.05) is 24.3 Å². The predicted molar refractivity (Wildman–Crippen MR) is 53.7 cm³/mol. The van der Waals surface area contributed by atoms with Gasteiger partial charge in [-0.15, -0.1) is 0 Å². The molecule has 0 saturated heterocycles. The van der Waals surface area contributed by atoms with Crippen molar-refractivity contribution >= 4 is 0 Å². The molecule has 0 amide bonds. The fraction of sp³-hybridized carbons (Fsp3) is 0.500. The third-order valence-corrected chi connectivity index (χ3v) is 2.05. The molecule has 1 atom stereocenters. The van der Waals surface area contributed by atoms with Gasteiger partial charge in [0.05, 0.1) is 0 Å². The maximum Gasteiger partial charge on any atom is 0.251 e. The molecule has 1 rings (SSSR count). The average molecular weight is 180 g/mol. The van der Waals surface area contributed by atoms with E-state index in [9.17, 15) is 4.79 Å². The first kappa shape index (κ1) is 9.99. The molecule has 0 spiro atoms. The van der Waals surface area contributed by atoms with Crippen LogP contribution in [0.25, 0.3) is 0 Å². The lowest BCUT2D eigenvalue weighted by Crippen LogP contribution is -2.22. The Bertz CT molecular complexity index is 339. The van der Waals surface area contributed by atoms with Crippen LogP contribution in [0.15, 0.2) is 23.1 Å². The minimum absolute atomic E-state index is 0.0183. The molecule has 1 heterocycles. The van der Waals surface area contributed by atoms with E-state index in [0.29, 0.717) is 0 Å². The van der Waals surface area contributed by atoms with Crippen molar-refractivity contribution in [3.8, 4) is 0 Å². The second-order valence-corrected chi connectivity index (χ2v) is 3.59. The van der Waals surface area contributed by atoms with Gasteiger partial charge in [0.25, 0.3) is 5.56 Å². The Labute approximate surface area is 78.2 Å². The molecule has 0 aliphatic carbocycles. The molecule has 0 aromatic carbocycles. The fourth-order valence-corrected chi connectivity index (χ4v) is 1.21. The van der Waals surface area contributed by atoms with E-state index < -0.39 is 0 Å². The molecule has 3 heteroatoms. The Morgan fingerprint density at radius 3 is 2.38 bits per heavy atom. The minimum Gasteiger partial charge on any atom is -0.324 e. The summed E-state index contributed by atoms with van der Waals surface area (Å²) in [5.74, 6) is 0. The van der Waals surface area contributed by atoms with Gasteiger partial charge in [-0.3, -0.25) is 4.79 Å². The largest absolute Gasteiger partial charge is 0.324 e. The number of nitrogens with zero attached hydrogens (tertiary/aromatic N) is 1. The van der Waals surface area contributed by atoms with Crippen LogP contribution in [0.3, 0.4) is 0 Å². The van der Waals surface area contributed by atoms with Crippen LogP contribution in [-0.4, -0.2) is 4.57 Å². The van der Waals surface area contributed by atoms with Gasteiger partial charge in [0.1, 0.15) is 0 Å². The summed E-state index contributed by atoms with van der Waals surface area (Å²) in [5.41, 5.74) is 6.57. The Balaban J connectivity index is 3.14. The van der Waals surface area contributed by atoms with Gasteiger partial charge in [-0.2, -0.15) is 0 Å². The van der Waals surface area contributed by atoms with Gasteiger partial charge in [0.2, 0.25) is 0 Å². The molecule has 1 unspecified atom stereocenters. The van der Waals surface area contributed by atoms with Crippen LogP contribution >= 0.6 is 0 Å². The summed E-state index contributed by atoms with van der Waals surface area (Å²) in [6.45, 7) is 5.83. The SMILES string of the molecule is CC(N)c1ccn(C(C)C)c(=O)c1. The second-order valence-electron chi connectivity index (χ2n) is 3.59. The van der Waals surface area contributed by atoms with E-state index in [1.807, 2.05) is 26.8 Å². The molecule has 0 radical (unpaired) electrons. The molecule has 0 fully saturated rings. The third kappa shape index (κ3) is 2.18. The Morgan fingerprint density at radius 2 is 2.00 bits per heavy atom. The fourth-order valence-electron chi connectivity index (χ4n) is 1.21. The summed E-state index contributed by atoms with van der Waals surface area (Å²) < 4.78 is 1.69. The minimum atomic E-state index is -0.0745. The number of nitrogens with two attached hydrogens (primary N) is 1. The van der Waals surface area contributed by atoms with E-state index in [4.69, 9.17) is 5.73 Å². The first-order valence-corrected chi connectivity index (χ1v) is 4.50. The standard InChI is InChI=1S/C10H16N2O/c1-7(2)12-5-4-9(8(3)11)6-10(12)13/h4-8H,11H2,1-3H3. The quantitative estimate of drug-likeness (QED) is 0.748. The number of aromatic nitrogens is 1. The van der Waals surface area contributed by atoms with E-state index in [1.165, 1.54) is 0 Å². The van der Waals surface area contributed by atoms with Crippen LogP contribution in [0.5, 0.6) is 0 Å². The van der Waals surface area contributed by atoms with Gasteiger partial charge in [-0.25, -0.2) is 0 Å². The van der Waals surface area contributed by atoms with E-state index in [-0.39, 0.29) is 17.6 Å². The average Bonchev–Trinajstić information content (AvgIpc) is 2.03. The van der Waals surface area contributed by atoms with Crippen LogP contribution in [0.4, 0.5) is 0 Å². The van der Waals surface area contributed by atoms with Crippen molar-refractivity contribution in [1.29, 1.82) is 0 Å². The summed E-state index contributed by atoms with van der Waals surface area (Å²) >= 11 is 0. The normalized spacial score (nSPS) is 13.3. The highest BCUT2D eigenvalue weighted by molar-refractivity contribution is 5.14. The highest BCUT2D eigenvalue weighted by atomic mass is 16.1. The molecule has 2 N–H and O–H groups in total. The van der Waals surface area contributed by atoms with Crippen molar-refractivity contribution in [2.24, 2.45) is 5.73 Å². The lowest BCUT2D eigenvalue weighted by atomic mass is 10.1. The van der Waals surface area contributed by atoms with Crippen LogP contribution in [0.2, 0.25) is 0 Å². The van der Waals surface area contributed by atoms with Gasteiger partial charge < -0.3 is 10.3 Å². The number of hydrogen-bond acceptors (Lipinski definition) is 2. The van der Waals surface area contributed by atoms with Crippen LogP contribution in [0, 0.1) is 0 Å². The van der Waals surface area contributed by atoms with Crippen molar-refractivity contribution in [1.82, 2.24) is 4.57 Å². The molecule has 72 valence electrons. The van der Waals surface area contributed by atoms with Crippen molar-refractivity contribution < 1.29 is 0 Å². The van der Waals surface area contributed by atoms with E-state index in [1.54, 1.807) is 16.8 Å². The molecular formula is C10H16N2O. The molecule has 1 aromatic heterocycles. The zero-order valence-electron chi connectivity index (χ0n) is 8.32. The predicted octanol–water partition coefficient (Wildman–Crippen LogP) is 1.45. The molecular weight excluding hydrogens is 164 g/mol. The summed E-state index contributed by atoms with van der Waals surface area (Å²) in [7, 11) is 0. The Morgan fingerprint density at radius 1 is 1.38 bits per heavy atom. The molecule has 0 saturated carbocycles. The summed E-state index contributed by atoms with van der Waals surface area (Å²) in [6.07, 6.45) is 1.80. The summed E-state index contributed by atoms with van der Waals surface area (Å²) in [5, 5.41) is 0. The lowest BCUT2D eigenvalue weighted by molar-refractivity contribution is 0.575. The molecule has 0 bridgehead atoms. The highest BCUT2D eigenvalue weighted by Crippen LogP contribution is 2.07. The molecule has 3 nitrogen and oxygen atoms in total. The van der Waals surface area contributed by atoms with E-state index in [0.717, 1.165) is 5.56 Å². The van der Waals surface area contributed by atoms with Gasteiger partial charge in [0.15, 0.2) is 0 Å². The van der Waals surface area contributed by atoms with Gasteiger partial charge in [-0.05, 0) is 32.4 Å². The summed E-state index contributed by atoms with van der Waals surface area (Å²) in [6, 6.07) is 3.63. The third-order valence-electron chi connectivity index (χ3n) is 2.05. The topological polar surface area (TPSA) is 48.0 Å². The molecule has 0 aliphatic heterocycles. The number of pyridine rings is 1. The van der Waals surface area contributed by atoms with Crippen molar-refractivity contribution in [2.75, 3.05) is 0 Å². The zero-order chi connectivity index (χ0) is 10.0.